The molecule has 158 valence electrons. The molecule has 0 unspecified atom stereocenters. The highest BCUT2D eigenvalue weighted by molar-refractivity contribution is 6.20. The minimum absolute atomic E-state index is 0.0894. The number of esters is 1. The van der Waals surface area contributed by atoms with Crippen molar-refractivity contribution in [1.82, 2.24) is 9.55 Å². The standard InChI is InChI=1S/C24H22N2O5/c1-4-31-24(28)19-13-18-17-7-5-6-8-20(17)26(14-29-2)22(18)21(25-19)23(27)15-9-11-16(30-3)12-10-15/h5-13H,4,14H2,1-3H3. The molecule has 0 N–H and O–H groups in total. The number of fused-ring (bicyclic) bond motifs is 3. The van der Waals surface area contributed by atoms with Crippen molar-refractivity contribution in [1.29, 1.82) is 0 Å². The summed E-state index contributed by atoms with van der Waals surface area (Å²) in [5, 5.41) is 1.63. The molecule has 0 spiro atoms. The summed E-state index contributed by atoms with van der Waals surface area (Å²) < 4.78 is 17.6. The van der Waals surface area contributed by atoms with Crippen molar-refractivity contribution in [3.63, 3.8) is 0 Å². The third kappa shape index (κ3) is 3.64. The first-order chi connectivity index (χ1) is 15.1. The molecule has 0 bridgehead atoms. The fourth-order valence-electron chi connectivity index (χ4n) is 3.68. The molecule has 0 fully saturated rings. The Hall–Kier alpha value is -3.71. The third-order valence-corrected chi connectivity index (χ3v) is 5.06. The number of benzene rings is 2. The van der Waals surface area contributed by atoms with E-state index < -0.39 is 5.97 Å². The van der Waals surface area contributed by atoms with E-state index in [-0.39, 0.29) is 30.5 Å². The summed E-state index contributed by atoms with van der Waals surface area (Å²) in [6.45, 7) is 2.17. The zero-order chi connectivity index (χ0) is 22.0. The highest BCUT2D eigenvalue weighted by Gasteiger charge is 2.24. The van der Waals surface area contributed by atoms with Crippen LogP contribution in [0, 0.1) is 0 Å². The van der Waals surface area contributed by atoms with Gasteiger partial charge in [-0.2, -0.15) is 0 Å². The van der Waals surface area contributed by atoms with Gasteiger partial charge in [0.25, 0.3) is 0 Å². The Balaban J connectivity index is 2.02. The van der Waals surface area contributed by atoms with E-state index in [1.54, 1.807) is 51.5 Å². The number of rotatable bonds is 7. The highest BCUT2D eigenvalue weighted by atomic mass is 16.5. The molecule has 0 aliphatic rings. The fraction of sp³-hybridized carbons (Fsp3) is 0.208. The molecule has 4 rings (SSSR count). The van der Waals surface area contributed by atoms with Crippen LogP contribution in [0.2, 0.25) is 0 Å². The van der Waals surface area contributed by atoms with Crippen molar-refractivity contribution in [2.75, 3.05) is 20.8 Å². The molecule has 0 radical (unpaired) electrons. The summed E-state index contributed by atoms with van der Waals surface area (Å²) in [5.74, 6) is -0.237. The number of carbonyl (C=O) groups excluding carboxylic acids is 2. The van der Waals surface area contributed by atoms with Crippen molar-refractivity contribution in [2.24, 2.45) is 0 Å². The molecule has 2 aromatic heterocycles. The maximum absolute atomic E-state index is 13.5. The van der Waals surface area contributed by atoms with Crippen LogP contribution in [0.5, 0.6) is 5.75 Å². The summed E-state index contributed by atoms with van der Waals surface area (Å²) in [6, 6.07) is 16.2. The van der Waals surface area contributed by atoms with Gasteiger partial charge in [0.05, 0.1) is 24.8 Å². The number of ketones is 1. The topological polar surface area (TPSA) is 79.7 Å². The first-order valence-corrected chi connectivity index (χ1v) is 9.85. The second-order valence-electron chi connectivity index (χ2n) is 6.89. The Morgan fingerprint density at radius 2 is 1.74 bits per heavy atom. The predicted octanol–water partition coefficient (Wildman–Crippen LogP) is 4.21. The minimum atomic E-state index is -0.572. The normalized spacial score (nSPS) is 11.1. The molecule has 2 heterocycles. The van der Waals surface area contributed by atoms with Gasteiger partial charge in [-0.3, -0.25) is 4.79 Å². The van der Waals surface area contributed by atoms with Crippen LogP contribution in [-0.2, 0) is 16.2 Å². The van der Waals surface area contributed by atoms with Gasteiger partial charge in [-0.1, -0.05) is 18.2 Å². The maximum atomic E-state index is 13.5. The van der Waals surface area contributed by atoms with Gasteiger partial charge in [-0.05, 0) is 43.3 Å². The zero-order valence-corrected chi connectivity index (χ0v) is 17.5. The molecule has 7 nitrogen and oxygen atoms in total. The van der Waals surface area contributed by atoms with Crippen molar-refractivity contribution >= 4 is 33.6 Å². The van der Waals surface area contributed by atoms with E-state index in [0.717, 1.165) is 16.3 Å². The van der Waals surface area contributed by atoms with Crippen molar-refractivity contribution in [3.8, 4) is 5.75 Å². The van der Waals surface area contributed by atoms with Crippen molar-refractivity contribution in [2.45, 2.75) is 13.7 Å². The van der Waals surface area contributed by atoms with Crippen molar-refractivity contribution < 1.29 is 23.8 Å². The van der Waals surface area contributed by atoms with Crippen LogP contribution in [-0.4, -0.2) is 42.1 Å². The predicted molar refractivity (Wildman–Crippen MR) is 117 cm³/mol. The van der Waals surface area contributed by atoms with E-state index in [1.165, 1.54) is 0 Å². The van der Waals surface area contributed by atoms with Crippen molar-refractivity contribution in [3.05, 3.63) is 71.5 Å². The second kappa shape index (κ2) is 8.57. The van der Waals surface area contributed by atoms with Gasteiger partial charge in [-0.15, -0.1) is 0 Å². The molecule has 31 heavy (non-hydrogen) atoms. The van der Waals surface area contributed by atoms with Crippen LogP contribution < -0.4 is 4.74 Å². The monoisotopic (exact) mass is 418 g/mol. The summed E-state index contributed by atoms with van der Waals surface area (Å²) >= 11 is 0. The molecule has 0 atom stereocenters. The van der Waals surface area contributed by atoms with Gasteiger partial charge in [0.15, 0.2) is 0 Å². The molecule has 0 amide bonds. The minimum Gasteiger partial charge on any atom is -0.497 e. The zero-order valence-electron chi connectivity index (χ0n) is 17.5. The molecule has 0 saturated heterocycles. The van der Waals surface area contributed by atoms with E-state index in [2.05, 4.69) is 4.98 Å². The Morgan fingerprint density at radius 1 is 1.00 bits per heavy atom. The van der Waals surface area contributed by atoms with Crippen LogP contribution in [0.3, 0.4) is 0 Å². The lowest BCUT2D eigenvalue weighted by atomic mass is 10.0. The summed E-state index contributed by atoms with van der Waals surface area (Å²) in [7, 11) is 3.15. The number of nitrogens with zero attached hydrogens (tertiary/aromatic N) is 2. The molecular formula is C24H22N2O5. The Labute approximate surface area is 179 Å². The van der Waals surface area contributed by atoms with E-state index in [9.17, 15) is 9.59 Å². The number of hydrogen-bond donors (Lipinski definition) is 0. The molecule has 4 aromatic rings. The van der Waals surface area contributed by atoms with E-state index in [4.69, 9.17) is 14.2 Å². The summed E-state index contributed by atoms with van der Waals surface area (Å²) in [6.07, 6.45) is 0. The molecule has 7 heteroatoms. The lowest BCUT2D eigenvalue weighted by molar-refractivity contribution is 0.0519. The first-order valence-electron chi connectivity index (χ1n) is 9.85. The number of para-hydroxylation sites is 1. The van der Waals surface area contributed by atoms with Gasteiger partial charge >= 0.3 is 5.97 Å². The number of hydrogen-bond acceptors (Lipinski definition) is 6. The average molecular weight is 418 g/mol. The average Bonchev–Trinajstić information content (AvgIpc) is 3.12. The Morgan fingerprint density at radius 3 is 2.42 bits per heavy atom. The van der Waals surface area contributed by atoms with Crippen LogP contribution in [0.25, 0.3) is 21.8 Å². The van der Waals surface area contributed by atoms with Crippen LogP contribution in [0.4, 0.5) is 0 Å². The molecule has 2 aromatic carbocycles. The quantitative estimate of drug-likeness (QED) is 0.330. The van der Waals surface area contributed by atoms with Gasteiger partial charge < -0.3 is 18.8 Å². The van der Waals surface area contributed by atoms with E-state index in [0.29, 0.717) is 16.8 Å². The fourth-order valence-corrected chi connectivity index (χ4v) is 3.68. The first kappa shape index (κ1) is 20.6. The molecule has 0 aliphatic heterocycles. The summed E-state index contributed by atoms with van der Waals surface area (Å²) in [5.41, 5.74) is 2.18. The van der Waals surface area contributed by atoms with Gasteiger partial charge in [-0.25, -0.2) is 9.78 Å². The smallest absolute Gasteiger partial charge is 0.356 e. The Bertz CT molecular complexity index is 1270. The van der Waals surface area contributed by atoms with Gasteiger partial charge in [0.1, 0.15) is 23.9 Å². The van der Waals surface area contributed by atoms with Gasteiger partial charge in [0.2, 0.25) is 5.78 Å². The Kier molecular flexibility index (Phi) is 5.68. The molecule has 0 aliphatic carbocycles. The maximum Gasteiger partial charge on any atom is 0.356 e. The summed E-state index contributed by atoms with van der Waals surface area (Å²) in [4.78, 5) is 30.5. The van der Waals surface area contributed by atoms with Crippen LogP contribution in [0.15, 0.2) is 54.6 Å². The van der Waals surface area contributed by atoms with Crippen LogP contribution in [0.1, 0.15) is 33.5 Å². The third-order valence-electron chi connectivity index (χ3n) is 5.06. The number of ether oxygens (including phenoxy) is 3. The largest absolute Gasteiger partial charge is 0.497 e. The molecular weight excluding hydrogens is 396 g/mol. The number of methoxy groups -OCH3 is 2. The van der Waals surface area contributed by atoms with E-state index in [1.807, 2.05) is 28.8 Å². The highest BCUT2D eigenvalue weighted by Crippen LogP contribution is 2.32. The number of carbonyl (C=O) groups is 2. The molecule has 0 saturated carbocycles. The van der Waals surface area contributed by atoms with E-state index >= 15 is 0 Å². The number of aromatic nitrogens is 2. The lowest BCUT2D eigenvalue weighted by Crippen LogP contribution is -2.14. The van der Waals surface area contributed by atoms with Gasteiger partial charge in [0, 0.05) is 23.4 Å². The lowest BCUT2D eigenvalue weighted by Gasteiger charge is -2.11. The number of pyridine rings is 1. The van der Waals surface area contributed by atoms with Crippen LogP contribution >= 0.6 is 0 Å². The second-order valence-corrected chi connectivity index (χ2v) is 6.89. The SMILES string of the molecule is CCOC(=O)c1cc2c3ccccc3n(COC)c2c(C(=O)c2ccc(OC)cc2)n1.